The lowest BCUT2D eigenvalue weighted by Crippen LogP contribution is -2.43. The van der Waals surface area contributed by atoms with Gasteiger partial charge in [-0.1, -0.05) is 0 Å². The second-order valence-electron chi connectivity index (χ2n) is 5.08. The minimum atomic E-state index is 0. The van der Waals surface area contributed by atoms with Gasteiger partial charge in [0, 0.05) is 25.2 Å². The van der Waals surface area contributed by atoms with Gasteiger partial charge < -0.3 is 14.8 Å². The summed E-state index contributed by atoms with van der Waals surface area (Å²) < 4.78 is 10.6. The van der Waals surface area contributed by atoms with Gasteiger partial charge in [0.15, 0.2) is 0 Å². The average Bonchev–Trinajstić information content (AvgIpc) is 2.47. The zero-order valence-corrected chi connectivity index (χ0v) is 13.3. The van der Waals surface area contributed by atoms with Crippen molar-refractivity contribution in [3.8, 4) is 11.5 Å². The Labute approximate surface area is 127 Å². The van der Waals surface area contributed by atoms with Crippen LogP contribution in [0.5, 0.6) is 11.5 Å². The topological polar surface area (TPSA) is 33.7 Å². The first-order valence-corrected chi connectivity index (χ1v) is 6.86. The van der Waals surface area contributed by atoms with Crippen molar-refractivity contribution in [2.24, 2.45) is 0 Å². The molecule has 114 valence electrons. The summed E-state index contributed by atoms with van der Waals surface area (Å²) in [6, 6.07) is 6.70. The summed E-state index contributed by atoms with van der Waals surface area (Å²) in [5, 5.41) is 3.37. The van der Waals surface area contributed by atoms with Crippen molar-refractivity contribution < 1.29 is 9.47 Å². The molecule has 2 rings (SSSR count). The third-order valence-corrected chi connectivity index (χ3v) is 3.73. The first-order chi connectivity index (χ1) is 9.25. The third kappa shape index (κ3) is 4.54. The van der Waals surface area contributed by atoms with Gasteiger partial charge in [0.1, 0.15) is 11.5 Å². The molecule has 0 aliphatic carbocycles. The first kappa shape index (κ1) is 17.1. The van der Waals surface area contributed by atoms with Crippen molar-refractivity contribution in [2.45, 2.75) is 25.4 Å². The molecule has 1 saturated heterocycles. The van der Waals surface area contributed by atoms with Gasteiger partial charge in [0.05, 0.1) is 14.2 Å². The van der Waals surface area contributed by atoms with E-state index >= 15 is 0 Å². The molecule has 0 radical (unpaired) electrons. The standard InChI is InChI=1S/C15H24N2O2.ClH/c1-16-13-5-4-6-17(11-13)10-12-7-14(18-2)9-15(8-12)19-3;/h7-9,13,16H,4-6,10-11H2,1-3H3;1H. The molecule has 0 spiro atoms. The third-order valence-electron chi connectivity index (χ3n) is 3.73. The van der Waals surface area contributed by atoms with Crippen LogP contribution in [0.2, 0.25) is 0 Å². The smallest absolute Gasteiger partial charge is 0.122 e. The molecular weight excluding hydrogens is 276 g/mol. The van der Waals surface area contributed by atoms with E-state index < -0.39 is 0 Å². The number of nitrogens with zero attached hydrogens (tertiary/aromatic N) is 1. The van der Waals surface area contributed by atoms with E-state index in [0.29, 0.717) is 6.04 Å². The van der Waals surface area contributed by atoms with Crippen LogP contribution < -0.4 is 14.8 Å². The van der Waals surface area contributed by atoms with Gasteiger partial charge in [-0.3, -0.25) is 4.90 Å². The van der Waals surface area contributed by atoms with Crippen LogP contribution in [0.15, 0.2) is 18.2 Å². The van der Waals surface area contributed by atoms with Gasteiger partial charge >= 0.3 is 0 Å². The van der Waals surface area contributed by atoms with E-state index in [0.717, 1.165) is 31.1 Å². The Kier molecular flexibility index (Phi) is 7.13. The molecule has 0 aromatic heterocycles. The fourth-order valence-corrected chi connectivity index (χ4v) is 2.65. The first-order valence-electron chi connectivity index (χ1n) is 6.86. The van der Waals surface area contributed by atoms with Crippen molar-refractivity contribution in [3.63, 3.8) is 0 Å². The van der Waals surface area contributed by atoms with Crippen molar-refractivity contribution in [3.05, 3.63) is 23.8 Å². The van der Waals surface area contributed by atoms with Crippen molar-refractivity contribution in [2.75, 3.05) is 34.4 Å². The van der Waals surface area contributed by atoms with E-state index in [9.17, 15) is 0 Å². The predicted octanol–water partition coefficient (Wildman–Crippen LogP) is 2.31. The molecule has 0 saturated carbocycles. The van der Waals surface area contributed by atoms with E-state index in [2.05, 4.69) is 22.3 Å². The summed E-state index contributed by atoms with van der Waals surface area (Å²) in [5.74, 6) is 1.72. The fraction of sp³-hybridized carbons (Fsp3) is 0.600. The number of benzene rings is 1. The molecule has 4 nitrogen and oxygen atoms in total. The summed E-state index contributed by atoms with van der Waals surface area (Å²) in [5.41, 5.74) is 1.24. The lowest BCUT2D eigenvalue weighted by molar-refractivity contribution is 0.187. The molecule has 0 amide bonds. The number of likely N-dealkylation sites (N-methyl/N-ethyl adjacent to an activating group) is 1. The number of methoxy groups -OCH3 is 2. The number of hydrogen-bond acceptors (Lipinski definition) is 4. The fourth-order valence-electron chi connectivity index (χ4n) is 2.65. The van der Waals surface area contributed by atoms with Gasteiger partial charge in [0.25, 0.3) is 0 Å². The quantitative estimate of drug-likeness (QED) is 0.905. The Morgan fingerprint density at radius 3 is 2.40 bits per heavy atom. The van der Waals surface area contributed by atoms with E-state index in [-0.39, 0.29) is 12.4 Å². The van der Waals surface area contributed by atoms with Crippen LogP contribution in [-0.2, 0) is 6.54 Å². The van der Waals surface area contributed by atoms with Crippen molar-refractivity contribution in [1.29, 1.82) is 0 Å². The number of nitrogens with one attached hydrogen (secondary N) is 1. The summed E-state index contributed by atoms with van der Waals surface area (Å²) in [6.45, 7) is 3.22. The van der Waals surface area contributed by atoms with Crippen LogP contribution >= 0.6 is 12.4 Å². The minimum Gasteiger partial charge on any atom is -0.497 e. The molecule has 1 aliphatic rings. The van der Waals surface area contributed by atoms with Crippen LogP contribution in [0.1, 0.15) is 18.4 Å². The Bertz CT molecular complexity index is 393. The Balaban J connectivity index is 0.00000200. The Hall–Kier alpha value is -0.970. The number of halogens is 1. The highest BCUT2D eigenvalue weighted by Gasteiger charge is 2.18. The van der Waals surface area contributed by atoms with E-state index in [1.54, 1.807) is 14.2 Å². The second kappa shape index (κ2) is 8.35. The largest absolute Gasteiger partial charge is 0.497 e. The summed E-state index contributed by atoms with van der Waals surface area (Å²) in [7, 11) is 5.43. The van der Waals surface area contributed by atoms with Crippen molar-refractivity contribution >= 4 is 12.4 Å². The number of likely N-dealkylation sites (tertiary alicyclic amines) is 1. The lowest BCUT2D eigenvalue weighted by atomic mass is 10.0. The predicted molar refractivity (Wildman–Crippen MR) is 84.2 cm³/mol. The summed E-state index contributed by atoms with van der Waals surface area (Å²) in [4.78, 5) is 2.48. The van der Waals surface area contributed by atoms with E-state index in [1.807, 2.05) is 13.1 Å². The number of ether oxygens (including phenoxy) is 2. The molecular formula is C15H25ClN2O2. The normalized spacial score (nSPS) is 19.2. The van der Waals surface area contributed by atoms with Crippen molar-refractivity contribution in [1.82, 2.24) is 10.2 Å². The minimum absolute atomic E-state index is 0. The second-order valence-corrected chi connectivity index (χ2v) is 5.08. The zero-order chi connectivity index (χ0) is 13.7. The van der Waals surface area contributed by atoms with E-state index in [4.69, 9.17) is 9.47 Å². The highest BCUT2D eigenvalue weighted by molar-refractivity contribution is 5.85. The van der Waals surface area contributed by atoms with Gasteiger partial charge in [0.2, 0.25) is 0 Å². The number of rotatable bonds is 5. The highest BCUT2D eigenvalue weighted by atomic mass is 35.5. The van der Waals surface area contributed by atoms with E-state index in [1.165, 1.54) is 18.4 Å². The Morgan fingerprint density at radius 1 is 1.20 bits per heavy atom. The molecule has 1 aliphatic heterocycles. The molecule has 5 heteroatoms. The molecule has 1 N–H and O–H groups in total. The van der Waals surface area contributed by atoms with Crippen LogP contribution in [0, 0.1) is 0 Å². The molecule has 1 fully saturated rings. The van der Waals surface area contributed by atoms with Gasteiger partial charge in [-0.2, -0.15) is 0 Å². The maximum atomic E-state index is 5.32. The number of hydrogen-bond donors (Lipinski definition) is 1. The molecule has 1 unspecified atom stereocenters. The maximum Gasteiger partial charge on any atom is 0.122 e. The molecule has 20 heavy (non-hydrogen) atoms. The summed E-state index contributed by atoms with van der Waals surface area (Å²) in [6.07, 6.45) is 2.53. The van der Waals surface area contributed by atoms with Crippen LogP contribution in [0.25, 0.3) is 0 Å². The highest BCUT2D eigenvalue weighted by Crippen LogP contribution is 2.24. The van der Waals surface area contributed by atoms with Crippen LogP contribution in [-0.4, -0.2) is 45.3 Å². The number of piperidine rings is 1. The molecule has 1 aromatic carbocycles. The monoisotopic (exact) mass is 300 g/mol. The van der Waals surface area contributed by atoms with Crippen LogP contribution in [0.3, 0.4) is 0 Å². The maximum absolute atomic E-state index is 5.32. The molecule has 1 atom stereocenters. The molecule has 1 aromatic rings. The van der Waals surface area contributed by atoms with Gasteiger partial charge in [-0.05, 0) is 44.1 Å². The molecule has 1 heterocycles. The van der Waals surface area contributed by atoms with Gasteiger partial charge in [-0.25, -0.2) is 0 Å². The zero-order valence-electron chi connectivity index (χ0n) is 12.5. The van der Waals surface area contributed by atoms with Gasteiger partial charge in [-0.15, -0.1) is 12.4 Å². The molecule has 0 bridgehead atoms. The SMILES string of the molecule is CNC1CCCN(Cc2cc(OC)cc(OC)c2)C1.Cl. The Morgan fingerprint density at radius 2 is 1.85 bits per heavy atom. The summed E-state index contributed by atoms with van der Waals surface area (Å²) >= 11 is 0. The van der Waals surface area contributed by atoms with Crippen LogP contribution in [0.4, 0.5) is 0 Å². The average molecular weight is 301 g/mol. The lowest BCUT2D eigenvalue weighted by Gasteiger charge is -2.32.